The summed E-state index contributed by atoms with van der Waals surface area (Å²) in [6.07, 6.45) is 0. The number of hydrogen-bond donors (Lipinski definition) is 1. The molecule has 0 saturated heterocycles. The van der Waals surface area contributed by atoms with Crippen molar-refractivity contribution in [3.63, 3.8) is 0 Å². The van der Waals surface area contributed by atoms with Crippen molar-refractivity contribution in [1.29, 1.82) is 0 Å². The second kappa shape index (κ2) is 6.02. The van der Waals surface area contributed by atoms with Gasteiger partial charge in [-0.1, -0.05) is 61.0 Å². The average Bonchev–Trinajstić information content (AvgIpc) is 2.43. The summed E-state index contributed by atoms with van der Waals surface area (Å²) in [5.41, 5.74) is 3.57. The molecule has 0 aliphatic heterocycles. The number of carbonyl (C=O) groups excluding carboxylic acids is 1. The number of amides is 1. The van der Waals surface area contributed by atoms with E-state index in [1.165, 1.54) is 0 Å². The lowest BCUT2D eigenvalue weighted by atomic mass is 9.83. The Morgan fingerprint density at radius 1 is 1.05 bits per heavy atom. The summed E-state index contributed by atoms with van der Waals surface area (Å²) < 4.78 is 0.990. The third-order valence-corrected chi connectivity index (χ3v) is 4.35. The minimum Gasteiger partial charge on any atom is -0.322 e. The number of halogens is 1. The van der Waals surface area contributed by atoms with Gasteiger partial charge in [0.15, 0.2) is 0 Å². The maximum absolute atomic E-state index is 12.6. The summed E-state index contributed by atoms with van der Waals surface area (Å²) in [6.45, 7) is 8.33. The number of anilines is 1. The van der Waals surface area contributed by atoms with E-state index in [1.807, 2.05) is 49.4 Å². The molecule has 0 aliphatic rings. The zero-order valence-corrected chi connectivity index (χ0v) is 14.4. The molecule has 21 heavy (non-hydrogen) atoms. The molecule has 0 spiro atoms. The fourth-order valence-corrected chi connectivity index (χ4v) is 2.63. The lowest BCUT2D eigenvalue weighted by Gasteiger charge is -2.22. The van der Waals surface area contributed by atoms with E-state index in [9.17, 15) is 4.79 Å². The molecule has 2 aromatic rings. The fraction of sp³-hybridized carbons (Fsp3) is 0.278. The molecule has 110 valence electrons. The Bertz CT molecular complexity index is 671. The minimum absolute atomic E-state index is 0.0678. The van der Waals surface area contributed by atoms with Gasteiger partial charge in [0.25, 0.3) is 5.91 Å². The van der Waals surface area contributed by atoms with Crippen LogP contribution in [-0.2, 0) is 5.41 Å². The molecule has 0 bridgehead atoms. The van der Waals surface area contributed by atoms with E-state index in [0.29, 0.717) is 0 Å². The highest BCUT2D eigenvalue weighted by molar-refractivity contribution is 9.10. The molecule has 2 aromatic carbocycles. The van der Waals surface area contributed by atoms with Gasteiger partial charge >= 0.3 is 0 Å². The van der Waals surface area contributed by atoms with Gasteiger partial charge in [-0.25, -0.2) is 0 Å². The topological polar surface area (TPSA) is 29.1 Å². The second-order valence-corrected chi connectivity index (χ2v) is 7.02. The quantitative estimate of drug-likeness (QED) is 0.785. The third kappa shape index (κ3) is 3.53. The normalized spacial score (nSPS) is 11.3. The largest absolute Gasteiger partial charge is 0.322 e. The molecule has 2 rings (SSSR count). The molecule has 0 unspecified atom stereocenters. The molecule has 0 saturated carbocycles. The van der Waals surface area contributed by atoms with Crippen LogP contribution in [0.3, 0.4) is 0 Å². The van der Waals surface area contributed by atoms with Crippen molar-refractivity contribution in [3.05, 3.63) is 63.6 Å². The van der Waals surface area contributed by atoms with E-state index in [1.54, 1.807) is 0 Å². The standard InChI is InChI=1S/C18H20BrNO/c1-12-15(19)10-7-11-16(12)20-17(21)13-8-5-6-9-14(13)18(2,3)4/h5-11H,1-4H3,(H,20,21). The molecule has 2 nitrogen and oxygen atoms in total. The Hall–Kier alpha value is -1.61. The molecule has 0 aromatic heterocycles. The highest BCUT2D eigenvalue weighted by atomic mass is 79.9. The molecule has 0 atom stereocenters. The van der Waals surface area contributed by atoms with Crippen LogP contribution < -0.4 is 5.32 Å². The molecule has 0 fully saturated rings. The van der Waals surface area contributed by atoms with Gasteiger partial charge in [-0.3, -0.25) is 4.79 Å². The maximum Gasteiger partial charge on any atom is 0.255 e. The summed E-state index contributed by atoms with van der Waals surface area (Å²) in [5, 5.41) is 3.01. The molecular weight excluding hydrogens is 326 g/mol. The van der Waals surface area contributed by atoms with E-state index in [0.717, 1.165) is 26.9 Å². The summed E-state index contributed by atoms with van der Waals surface area (Å²) >= 11 is 3.49. The van der Waals surface area contributed by atoms with Crippen molar-refractivity contribution in [2.45, 2.75) is 33.1 Å². The van der Waals surface area contributed by atoms with E-state index in [-0.39, 0.29) is 11.3 Å². The van der Waals surface area contributed by atoms with E-state index < -0.39 is 0 Å². The van der Waals surface area contributed by atoms with Crippen LogP contribution in [0, 0.1) is 6.92 Å². The number of carbonyl (C=O) groups is 1. The number of hydrogen-bond acceptors (Lipinski definition) is 1. The Labute approximate surface area is 134 Å². The van der Waals surface area contributed by atoms with Crippen molar-refractivity contribution in [2.24, 2.45) is 0 Å². The van der Waals surface area contributed by atoms with Crippen molar-refractivity contribution in [3.8, 4) is 0 Å². The maximum atomic E-state index is 12.6. The van der Waals surface area contributed by atoms with Crippen molar-refractivity contribution < 1.29 is 4.79 Å². The highest BCUT2D eigenvalue weighted by Gasteiger charge is 2.21. The monoisotopic (exact) mass is 345 g/mol. The van der Waals surface area contributed by atoms with Gasteiger partial charge in [-0.15, -0.1) is 0 Å². The first kappa shape index (κ1) is 15.8. The van der Waals surface area contributed by atoms with E-state index in [4.69, 9.17) is 0 Å². The van der Waals surface area contributed by atoms with Crippen LogP contribution in [0.5, 0.6) is 0 Å². The zero-order valence-electron chi connectivity index (χ0n) is 12.8. The third-order valence-electron chi connectivity index (χ3n) is 3.50. The number of rotatable bonds is 2. The summed E-state index contributed by atoms with van der Waals surface area (Å²) in [7, 11) is 0. The Morgan fingerprint density at radius 3 is 2.38 bits per heavy atom. The van der Waals surface area contributed by atoms with Crippen LogP contribution in [0.4, 0.5) is 5.69 Å². The first-order valence-corrected chi connectivity index (χ1v) is 7.76. The molecule has 0 heterocycles. The van der Waals surface area contributed by atoms with Gasteiger partial charge in [0.2, 0.25) is 0 Å². The van der Waals surface area contributed by atoms with Crippen LogP contribution in [0.15, 0.2) is 46.9 Å². The molecule has 1 N–H and O–H groups in total. The van der Waals surface area contributed by atoms with Crippen LogP contribution in [0.25, 0.3) is 0 Å². The van der Waals surface area contributed by atoms with Crippen LogP contribution in [-0.4, -0.2) is 5.91 Å². The Kier molecular flexibility index (Phi) is 4.52. The Balaban J connectivity index is 2.36. The lowest BCUT2D eigenvalue weighted by Crippen LogP contribution is -2.21. The summed E-state index contributed by atoms with van der Waals surface area (Å²) in [6, 6.07) is 13.6. The van der Waals surface area contributed by atoms with Crippen LogP contribution in [0.1, 0.15) is 42.3 Å². The first-order chi connectivity index (χ1) is 9.80. The van der Waals surface area contributed by atoms with E-state index >= 15 is 0 Å². The number of benzene rings is 2. The van der Waals surface area contributed by atoms with Gasteiger partial charge in [0.05, 0.1) is 0 Å². The minimum atomic E-state index is -0.0692. The number of nitrogens with one attached hydrogen (secondary N) is 1. The molecule has 0 radical (unpaired) electrons. The van der Waals surface area contributed by atoms with Gasteiger partial charge in [0.1, 0.15) is 0 Å². The van der Waals surface area contributed by atoms with Crippen LogP contribution in [0.2, 0.25) is 0 Å². The lowest BCUT2D eigenvalue weighted by molar-refractivity contribution is 0.102. The van der Waals surface area contributed by atoms with Crippen molar-refractivity contribution in [1.82, 2.24) is 0 Å². The first-order valence-electron chi connectivity index (χ1n) is 6.96. The SMILES string of the molecule is Cc1c(Br)cccc1NC(=O)c1ccccc1C(C)(C)C. The molecule has 3 heteroatoms. The average molecular weight is 346 g/mol. The predicted molar refractivity (Wildman–Crippen MR) is 92.0 cm³/mol. The van der Waals surface area contributed by atoms with Gasteiger partial charge in [-0.05, 0) is 41.7 Å². The Morgan fingerprint density at radius 2 is 1.71 bits per heavy atom. The zero-order chi connectivity index (χ0) is 15.6. The predicted octanol–water partition coefficient (Wildman–Crippen LogP) is 5.31. The molecule has 1 amide bonds. The van der Waals surface area contributed by atoms with Crippen LogP contribution >= 0.6 is 15.9 Å². The molecule has 0 aliphatic carbocycles. The highest BCUT2D eigenvalue weighted by Crippen LogP contribution is 2.28. The summed E-state index contributed by atoms with van der Waals surface area (Å²) in [4.78, 5) is 12.6. The van der Waals surface area contributed by atoms with E-state index in [2.05, 4.69) is 42.0 Å². The van der Waals surface area contributed by atoms with Crippen molar-refractivity contribution in [2.75, 3.05) is 5.32 Å². The van der Waals surface area contributed by atoms with Crippen molar-refractivity contribution >= 4 is 27.5 Å². The summed E-state index contributed by atoms with van der Waals surface area (Å²) in [5.74, 6) is -0.0678. The van der Waals surface area contributed by atoms with Gasteiger partial charge in [-0.2, -0.15) is 0 Å². The van der Waals surface area contributed by atoms with Gasteiger partial charge < -0.3 is 5.32 Å². The fourth-order valence-electron chi connectivity index (χ4n) is 2.27. The molecular formula is C18H20BrNO. The smallest absolute Gasteiger partial charge is 0.255 e. The second-order valence-electron chi connectivity index (χ2n) is 6.16. The van der Waals surface area contributed by atoms with Gasteiger partial charge in [0, 0.05) is 15.7 Å².